The van der Waals surface area contributed by atoms with Gasteiger partial charge in [-0.25, -0.2) is 4.79 Å². The van der Waals surface area contributed by atoms with Crippen LogP contribution in [0.1, 0.15) is 18.9 Å². The van der Waals surface area contributed by atoms with Crippen LogP contribution in [0.5, 0.6) is 5.75 Å². The van der Waals surface area contributed by atoms with Crippen molar-refractivity contribution < 1.29 is 9.53 Å². The van der Waals surface area contributed by atoms with Gasteiger partial charge in [0, 0.05) is 26.2 Å². The lowest BCUT2D eigenvalue weighted by molar-refractivity contribution is 0.147. The molecule has 1 fully saturated rings. The van der Waals surface area contributed by atoms with Gasteiger partial charge in [-0.15, -0.1) is 0 Å². The first-order valence-corrected chi connectivity index (χ1v) is 7.57. The number of hydrogen-bond donors (Lipinski definition) is 1. The lowest BCUT2D eigenvalue weighted by atomic mass is 10.2. The van der Waals surface area contributed by atoms with Crippen LogP contribution in [-0.4, -0.2) is 55.7 Å². The van der Waals surface area contributed by atoms with Crippen LogP contribution in [0.25, 0.3) is 0 Å². The molecule has 116 valence electrons. The van der Waals surface area contributed by atoms with Crippen molar-refractivity contribution >= 4 is 11.7 Å². The number of piperazine rings is 1. The van der Waals surface area contributed by atoms with Crippen LogP contribution in [0.2, 0.25) is 0 Å². The summed E-state index contributed by atoms with van der Waals surface area (Å²) in [5.74, 6) is 0.693. The number of ether oxygens (including phenoxy) is 1. The maximum Gasteiger partial charge on any atom is 0.322 e. The third-order valence-electron chi connectivity index (χ3n) is 3.80. The molecule has 1 aliphatic heterocycles. The van der Waals surface area contributed by atoms with Crippen LogP contribution in [0.3, 0.4) is 0 Å². The molecule has 0 radical (unpaired) electrons. The fourth-order valence-electron chi connectivity index (χ4n) is 2.60. The molecular weight excluding hydrogens is 266 g/mol. The first-order chi connectivity index (χ1) is 10.1. The van der Waals surface area contributed by atoms with Crippen LogP contribution < -0.4 is 10.1 Å². The maximum absolute atomic E-state index is 12.4. The van der Waals surface area contributed by atoms with E-state index in [9.17, 15) is 4.79 Å². The number of methoxy groups -OCH3 is 1. The number of nitrogens with one attached hydrogen (secondary N) is 1. The molecule has 21 heavy (non-hydrogen) atoms. The number of amides is 2. The van der Waals surface area contributed by atoms with E-state index in [4.69, 9.17) is 4.74 Å². The molecule has 1 aromatic rings. The van der Waals surface area contributed by atoms with Gasteiger partial charge in [-0.2, -0.15) is 0 Å². The van der Waals surface area contributed by atoms with E-state index in [1.165, 1.54) is 0 Å². The largest absolute Gasteiger partial charge is 0.495 e. The minimum atomic E-state index is -0.0463. The highest BCUT2D eigenvalue weighted by atomic mass is 16.5. The van der Waals surface area contributed by atoms with E-state index in [0.717, 1.165) is 50.4 Å². The number of hydrogen-bond acceptors (Lipinski definition) is 3. The molecule has 0 spiro atoms. The molecule has 0 aromatic heterocycles. The number of carbonyl (C=O) groups is 1. The van der Waals surface area contributed by atoms with Gasteiger partial charge in [0.2, 0.25) is 0 Å². The summed E-state index contributed by atoms with van der Waals surface area (Å²) >= 11 is 0. The van der Waals surface area contributed by atoms with Gasteiger partial charge in [-0.1, -0.05) is 13.0 Å². The van der Waals surface area contributed by atoms with Crippen LogP contribution in [0, 0.1) is 6.92 Å². The molecule has 1 aromatic carbocycles. The Balaban J connectivity index is 1.95. The Labute approximate surface area is 126 Å². The zero-order chi connectivity index (χ0) is 15.2. The van der Waals surface area contributed by atoms with Crippen molar-refractivity contribution in [3.8, 4) is 5.75 Å². The summed E-state index contributed by atoms with van der Waals surface area (Å²) in [4.78, 5) is 16.6. The molecule has 0 bridgehead atoms. The van der Waals surface area contributed by atoms with Crippen molar-refractivity contribution in [1.82, 2.24) is 9.80 Å². The minimum Gasteiger partial charge on any atom is -0.495 e. The van der Waals surface area contributed by atoms with E-state index in [1.807, 2.05) is 30.0 Å². The topological polar surface area (TPSA) is 44.8 Å². The van der Waals surface area contributed by atoms with Gasteiger partial charge < -0.3 is 15.0 Å². The van der Waals surface area contributed by atoms with Gasteiger partial charge in [0.15, 0.2) is 0 Å². The summed E-state index contributed by atoms with van der Waals surface area (Å²) in [6.07, 6.45) is 1.16. The number of rotatable bonds is 4. The standard InChI is InChI=1S/C16H25N3O2/c1-4-7-18-8-10-19(11-9-18)16(20)17-14-12-13(2)5-6-15(14)21-3/h5-6,12H,4,7-11H2,1-3H3,(H,17,20). The minimum absolute atomic E-state index is 0.0463. The number of anilines is 1. The monoisotopic (exact) mass is 291 g/mol. The highest BCUT2D eigenvalue weighted by Crippen LogP contribution is 2.25. The van der Waals surface area contributed by atoms with Gasteiger partial charge in [0.1, 0.15) is 5.75 Å². The van der Waals surface area contributed by atoms with E-state index in [0.29, 0.717) is 5.75 Å². The van der Waals surface area contributed by atoms with Crippen molar-refractivity contribution in [3.05, 3.63) is 23.8 Å². The van der Waals surface area contributed by atoms with E-state index in [-0.39, 0.29) is 6.03 Å². The molecule has 0 saturated carbocycles. The lowest BCUT2D eigenvalue weighted by Gasteiger charge is -2.34. The van der Waals surface area contributed by atoms with E-state index < -0.39 is 0 Å². The molecule has 0 atom stereocenters. The lowest BCUT2D eigenvalue weighted by Crippen LogP contribution is -2.50. The fourth-order valence-corrected chi connectivity index (χ4v) is 2.60. The summed E-state index contributed by atoms with van der Waals surface area (Å²) in [7, 11) is 1.61. The Morgan fingerprint density at radius 1 is 1.29 bits per heavy atom. The van der Waals surface area contributed by atoms with Crippen LogP contribution in [0.15, 0.2) is 18.2 Å². The molecule has 1 aliphatic rings. The highest BCUT2D eigenvalue weighted by molar-refractivity contribution is 5.91. The predicted octanol–water partition coefficient (Wildman–Crippen LogP) is 2.56. The number of carbonyl (C=O) groups excluding carboxylic acids is 1. The van der Waals surface area contributed by atoms with Gasteiger partial charge >= 0.3 is 6.03 Å². The molecule has 2 amide bonds. The third kappa shape index (κ3) is 4.11. The van der Waals surface area contributed by atoms with E-state index in [2.05, 4.69) is 17.1 Å². The van der Waals surface area contributed by atoms with Crippen molar-refractivity contribution in [1.29, 1.82) is 0 Å². The van der Waals surface area contributed by atoms with Crippen molar-refractivity contribution in [2.75, 3.05) is 45.2 Å². The highest BCUT2D eigenvalue weighted by Gasteiger charge is 2.21. The zero-order valence-electron chi connectivity index (χ0n) is 13.2. The zero-order valence-corrected chi connectivity index (χ0v) is 13.2. The summed E-state index contributed by atoms with van der Waals surface area (Å²) in [5, 5.41) is 2.96. The summed E-state index contributed by atoms with van der Waals surface area (Å²) < 4.78 is 5.30. The third-order valence-corrected chi connectivity index (χ3v) is 3.80. The number of aryl methyl sites for hydroxylation is 1. The fraction of sp³-hybridized carbons (Fsp3) is 0.562. The van der Waals surface area contributed by atoms with Crippen LogP contribution in [0.4, 0.5) is 10.5 Å². The molecule has 5 nitrogen and oxygen atoms in total. The second kappa shape index (κ2) is 7.31. The Morgan fingerprint density at radius 3 is 2.62 bits per heavy atom. The molecule has 5 heteroatoms. The number of nitrogens with zero attached hydrogens (tertiary/aromatic N) is 2. The van der Waals surface area contributed by atoms with Gasteiger partial charge in [0.25, 0.3) is 0 Å². The smallest absolute Gasteiger partial charge is 0.322 e. The second-order valence-electron chi connectivity index (χ2n) is 5.46. The molecular formula is C16H25N3O2. The normalized spacial score (nSPS) is 15.9. The van der Waals surface area contributed by atoms with Crippen molar-refractivity contribution in [2.45, 2.75) is 20.3 Å². The average Bonchev–Trinajstić information content (AvgIpc) is 2.48. The Morgan fingerprint density at radius 2 is 2.00 bits per heavy atom. The number of urea groups is 1. The van der Waals surface area contributed by atoms with Crippen LogP contribution in [-0.2, 0) is 0 Å². The van der Waals surface area contributed by atoms with E-state index in [1.54, 1.807) is 7.11 Å². The quantitative estimate of drug-likeness (QED) is 0.927. The van der Waals surface area contributed by atoms with Gasteiger partial charge in [-0.3, -0.25) is 4.90 Å². The van der Waals surface area contributed by atoms with Crippen LogP contribution >= 0.6 is 0 Å². The van der Waals surface area contributed by atoms with E-state index >= 15 is 0 Å². The summed E-state index contributed by atoms with van der Waals surface area (Å²) in [6.45, 7) is 8.75. The molecule has 1 heterocycles. The molecule has 1 saturated heterocycles. The number of benzene rings is 1. The average molecular weight is 291 g/mol. The van der Waals surface area contributed by atoms with Crippen molar-refractivity contribution in [3.63, 3.8) is 0 Å². The molecule has 1 N–H and O–H groups in total. The maximum atomic E-state index is 12.4. The first-order valence-electron chi connectivity index (χ1n) is 7.57. The second-order valence-corrected chi connectivity index (χ2v) is 5.46. The Hall–Kier alpha value is -1.75. The summed E-state index contributed by atoms with van der Waals surface area (Å²) in [6, 6.07) is 5.74. The van der Waals surface area contributed by atoms with Crippen molar-refractivity contribution in [2.24, 2.45) is 0 Å². The molecule has 0 aliphatic carbocycles. The Bertz CT molecular complexity index is 482. The Kier molecular flexibility index (Phi) is 5.44. The molecule has 2 rings (SSSR count). The first kappa shape index (κ1) is 15.6. The predicted molar refractivity (Wildman–Crippen MR) is 85.1 cm³/mol. The summed E-state index contributed by atoms with van der Waals surface area (Å²) in [5.41, 5.74) is 1.83. The van der Waals surface area contributed by atoms with Gasteiger partial charge in [-0.05, 0) is 37.6 Å². The molecule has 0 unspecified atom stereocenters. The van der Waals surface area contributed by atoms with Gasteiger partial charge in [0.05, 0.1) is 12.8 Å². The SMILES string of the molecule is CCCN1CCN(C(=O)Nc2cc(C)ccc2OC)CC1.